The van der Waals surface area contributed by atoms with Gasteiger partial charge in [-0.25, -0.2) is 0 Å². The van der Waals surface area contributed by atoms with Crippen LogP contribution in [-0.2, 0) is 0 Å². The zero-order chi connectivity index (χ0) is 30.6. The summed E-state index contributed by atoms with van der Waals surface area (Å²) in [4.78, 5) is 2.38. The van der Waals surface area contributed by atoms with Crippen molar-refractivity contribution in [2.24, 2.45) is 0 Å². The lowest BCUT2D eigenvalue weighted by atomic mass is 10.0. The van der Waals surface area contributed by atoms with Crippen LogP contribution in [0.5, 0.6) is 0 Å². The van der Waals surface area contributed by atoms with E-state index in [1.807, 2.05) is 11.3 Å². The van der Waals surface area contributed by atoms with Crippen molar-refractivity contribution in [1.29, 1.82) is 0 Å². The van der Waals surface area contributed by atoms with Gasteiger partial charge in [0, 0.05) is 53.7 Å². The van der Waals surface area contributed by atoms with Crippen LogP contribution in [0.2, 0.25) is 0 Å². The quantitative estimate of drug-likeness (QED) is 0.189. The first-order chi connectivity index (χ1) is 22.7. The van der Waals surface area contributed by atoms with Crippen LogP contribution in [0.25, 0.3) is 58.8 Å². The van der Waals surface area contributed by atoms with Gasteiger partial charge in [-0.3, -0.25) is 0 Å². The number of fused-ring (bicyclic) bond motifs is 7. The molecule has 46 heavy (non-hydrogen) atoms. The van der Waals surface area contributed by atoms with Crippen molar-refractivity contribution in [3.8, 4) is 16.8 Å². The second kappa shape index (κ2) is 10.8. The van der Waals surface area contributed by atoms with Gasteiger partial charge in [0.2, 0.25) is 0 Å². The smallest absolute Gasteiger partial charge is 0.0548 e. The summed E-state index contributed by atoms with van der Waals surface area (Å²) in [5, 5.41) is 5.21. The molecule has 0 aliphatic carbocycles. The standard InChI is InChI=1S/C43H30N2S/c1-29-19-21-30(22-20-29)31-11-10-16-34(27-31)44(32-12-4-2-5-13-32)35-23-24-38-37(28-35)42-39(45(38)33-14-6-3-7-15-33)25-26-41-43(42)36-17-8-9-18-40(36)46-41/h2-28H,1H3. The lowest BCUT2D eigenvalue weighted by Gasteiger charge is -2.26. The largest absolute Gasteiger partial charge is 0.310 e. The highest BCUT2D eigenvalue weighted by atomic mass is 32.1. The van der Waals surface area contributed by atoms with Crippen LogP contribution in [0.3, 0.4) is 0 Å². The Bertz CT molecular complexity index is 2520. The molecule has 0 fully saturated rings. The molecule has 0 aliphatic rings. The van der Waals surface area contributed by atoms with Gasteiger partial charge < -0.3 is 9.47 Å². The molecule has 2 nitrogen and oxygen atoms in total. The lowest BCUT2D eigenvalue weighted by molar-refractivity contribution is 1.18. The van der Waals surface area contributed by atoms with Crippen LogP contribution < -0.4 is 4.90 Å². The fraction of sp³-hybridized carbons (Fsp3) is 0.0233. The molecular formula is C43H30N2S. The molecule has 0 bridgehead atoms. The lowest BCUT2D eigenvalue weighted by Crippen LogP contribution is -2.09. The molecule has 9 aromatic rings. The maximum Gasteiger partial charge on any atom is 0.0548 e. The molecule has 0 aliphatic heterocycles. The summed E-state index contributed by atoms with van der Waals surface area (Å²) in [5.74, 6) is 0. The molecule has 0 N–H and O–H groups in total. The fourth-order valence-electron chi connectivity index (χ4n) is 6.90. The number of aromatic nitrogens is 1. The highest BCUT2D eigenvalue weighted by Crippen LogP contribution is 2.45. The van der Waals surface area contributed by atoms with Crippen LogP contribution in [0.4, 0.5) is 17.1 Å². The minimum atomic E-state index is 1.13. The van der Waals surface area contributed by atoms with Crippen LogP contribution in [-0.4, -0.2) is 4.57 Å². The zero-order valence-corrected chi connectivity index (χ0v) is 26.2. The normalized spacial score (nSPS) is 11.6. The Hall–Kier alpha value is -5.64. The predicted octanol–water partition coefficient (Wildman–Crippen LogP) is 12.6. The summed E-state index contributed by atoms with van der Waals surface area (Å²) >= 11 is 1.88. The van der Waals surface area contributed by atoms with Crippen LogP contribution in [0.1, 0.15) is 5.56 Å². The minimum absolute atomic E-state index is 1.13. The SMILES string of the molecule is Cc1ccc(-c2cccc(N(c3ccccc3)c3ccc4c(c3)c3c5c(ccc3n4-c3ccccc3)sc3ccccc35)c2)cc1. The fourth-order valence-corrected chi connectivity index (χ4v) is 8.02. The molecule has 218 valence electrons. The highest BCUT2D eigenvalue weighted by molar-refractivity contribution is 7.26. The predicted molar refractivity (Wildman–Crippen MR) is 199 cm³/mol. The summed E-state index contributed by atoms with van der Waals surface area (Å²) < 4.78 is 5.06. The van der Waals surface area contributed by atoms with Gasteiger partial charge in [-0.15, -0.1) is 11.3 Å². The average Bonchev–Trinajstić information content (AvgIpc) is 3.65. The first kappa shape index (κ1) is 26.7. The Labute approximate surface area is 272 Å². The molecule has 0 saturated heterocycles. The number of nitrogens with zero attached hydrogens (tertiary/aromatic N) is 2. The number of hydrogen-bond acceptors (Lipinski definition) is 2. The van der Waals surface area contributed by atoms with Gasteiger partial charge in [-0.1, -0.05) is 96.6 Å². The third-order valence-corrected chi connectivity index (χ3v) is 10.2. The number of benzene rings is 7. The van der Waals surface area contributed by atoms with Crippen molar-refractivity contribution in [3.63, 3.8) is 0 Å². The van der Waals surface area contributed by atoms with E-state index in [4.69, 9.17) is 0 Å². The van der Waals surface area contributed by atoms with Crippen LogP contribution in [0.15, 0.2) is 164 Å². The second-order valence-electron chi connectivity index (χ2n) is 11.9. The molecule has 2 heterocycles. The van der Waals surface area contributed by atoms with Crippen LogP contribution in [0, 0.1) is 6.92 Å². The molecule has 9 rings (SSSR count). The molecule has 7 aromatic carbocycles. The average molecular weight is 607 g/mol. The van der Waals surface area contributed by atoms with E-state index < -0.39 is 0 Å². The van der Waals surface area contributed by atoms with E-state index in [1.165, 1.54) is 64.4 Å². The number of thiophene rings is 1. The van der Waals surface area contributed by atoms with Gasteiger partial charge in [-0.2, -0.15) is 0 Å². The zero-order valence-electron chi connectivity index (χ0n) is 25.4. The third kappa shape index (κ3) is 4.32. The Morgan fingerprint density at radius 3 is 1.98 bits per heavy atom. The second-order valence-corrected chi connectivity index (χ2v) is 13.0. The Morgan fingerprint density at radius 2 is 1.15 bits per heavy atom. The van der Waals surface area contributed by atoms with Gasteiger partial charge in [0.25, 0.3) is 0 Å². The molecule has 0 unspecified atom stereocenters. The van der Waals surface area contributed by atoms with Crippen LogP contribution >= 0.6 is 11.3 Å². The Kier molecular flexibility index (Phi) is 6.25. The maximum atomic E-state index is 2.42. The number of hydrogen-bond donors (Lipinski definition) is 0. The summed E-state index contributed by atoms with van der Waals surface area (Å²) in [6, 6.07) is 59.5. The van der Waals surface area contributed by atoms with E-state index in [0.29, 0.717) is 0 Å². The minimum Gasteiger partial charge on any atom is -0.310 e. The van der Waals surface area contributed by atoms with Crippen molar-refractivity contribution in [2.75, 3.05) is 4.90 Å². The summed E-state index contributed by atoms with van der Waals surface area (Å²) in [5.41, 5.74) is 10.7. The van der Waals surface area contributed by atoms with Gasteiger partial charge in [0.15, 0.2) is 0 Å². The summed E-state index contributed by atoms with van der Waals surface area (Å²) in [7, 11) is 0. The molecule has 0 radical (unpaired) electrons. The molecule has 0 spiro atoms. The van der Waals surface area contributed by atoms with E-state index >= 15 is 0 Å². The summed E-state index contributed by atoms with van der Waals surface area (Å²) in [6.07, 6.45) is 0. The molecular weight excluding hydrogens is 577 g/mol. The number of anilines is 3. The van der Waals surface area contributed by atoms with E-state index in [0.717, 1.165) is 17.1 Å². The van der Waals surface area contributed by atoms with E-state index in [9.17, 15) is 0 Å². The first-order valence-electron chi connectivity index (χ1n) is 15.7. The molecule has 0 amide bonds. The van der Waals surface area contributed by atoms with Crippen molar-refractivity contribution in [1.82, 2.24) is 4.57 Å². The van der Waals surface area contributed by atoms with E-state index in [2.05, 4.69) is 180 Å². The number of rotatable bonds is 5. The van der Waals surface area contributed by atoms with E-state index in [-0.39, 0.29) is 0 Å². The van der Waals surface area contributed by atoms with Crippen molar-refractivity contribution in [2.45, 2.75) is 6.92 Å². The van der Waals surface area contributed by atoms with Crippen molar-refractivity contribution >= 4 is 70.4 Å². The number of para-hydroxylation sites is 2. The Balaban J connectivity index is 1.34. The summed E-state index contributed by atoms with van der Waals surface area (Å²) in [6.45, 7) is 2.13. The van der Waals surface area contributed by atoms with Crippen molar-refractivity contribution in [3.05, 3.63) is 169 Å². The number of aryl methyl sites for hydroxylation is 1. The first-order valence-corrected chi connectivity index (χ1v) is 16.5. The van der Waals surface area contributed by atoms with Gasteiger partial charge >= 0.3 is 0 Å². The van der Waals surface area contributed by atoms with Crippen molar-refractivity contribution < 1.29 is 0 Å². The molecule has 0 saturated carbocycles. The molecule has 3 heteroatoms. The monoisotopic (exact) mass is 606 g/mol. The van der Waals surface area contributed by atoms with Gasteiger partial charge in [-0.05, 0) is 90.8 Å². The molecule has 0 atom stereocenters. The maximum absolute atomic E-state index is 2.42. The Morgan fingerprint density at radius 1 is 0.457 bits per heavy atom. The van der Waals surface area contributed by atoms with E-state index in [1.54, 1.807) is 0 Å². The topological polar surface area (TPSA) is 8.17 Å². The molecule has 2 aromatic heterocycles. The van der Waals surface area contributed by atoms with Gasteiger partial charge in [0.05, 0.1) is 11.0 Å². The third-order valence-electron chi connectivity index (χ3n) is 9.03. The van der Waals surface area contributed by atoms with Gasteiger partial charge in [0.1, 0.15) is 0 Å². The highest BCUT2D eigenvalue weighted by Gasteiger charge is 2.20.